The number of hydrogen-bond acceptors (Lipinski definition) is 5. The van der Waals surface area contributed by atoms with E-state index in [1.165, 1.54) is 29.5 Å². The van der Waals surface area contributed by atoms with Gasteiger partial charge in [0, 0.05) is 5.69 Å². The fraction of sp³-hybridized carbons (Fsp3) is 0.105. The first-order valence-electron chi connectivity index (χ1n) is 8.13. The Hall–Kier alpha value is -2.25. The molecule has 1 aromatic carbocycles. The number of hydrogen-bond donors (Lipinski definition) is 1. The third-order valence-electron chi connectivity index (χ3n) is 3.72. The molecule has 0 radical (unpaired) electrons. The Morgan fingerprint density at radius 1 is 1.23 bits per heavy atom. The minimum atomic E-state index is -4.74. The zero-order valence-electron chi connectivity index (χ0n) is 14.8. The van der Waals surface area contributed by atoms with Gasteiger partial charge in [-0.1, -0.05) is 41.0 Å². The van der Waals surface area contributed by atoms with Crippen molar-refractivity contribution in [1.82, 2.24) is 4.98 Å². The van der Waals surface area contributed by atoms with Crippen LogP contribution in [0.2, 0.25) is 10.0 Å². The van der Waals surface area contributed by atoms with Crippen molar-refractivity contribution in [1.29, 1.82) is 5.26 Å². The van der Waals surface area contributed by atoms with Crippen molar-refractivity contribution in [3.05, 3.63) is 63.0 Å². The minimum absolute atomic E-state index is 0.0868. The maximum absolute atomic E-state index is 13.5. The van der Waals surface area contributed by atoms with Gasteiger partial charge < -0.3 is 5.32 Å². The predicted octanol–water partition coefficient (Wildman–Crippen LogP) is 6.74. The van der Waals surface area contributed by atoms with Crippen molar-refractivity contribution in [2.75, 3.05) is 11.1 Å². The number of anilines is 1. The number of halogens is 5. The molecule has 0 aliphatic heterocycles. The molecule has 0 atom stereocenters. The number of aromatic nitrogens is 1. The Kier molecular flexibility index (Phi) is 6.93. The second-order valence-corrected chi connectivity index (χ2v) is 8.51. The molecule has 1 N–H and O–H groups in total. The molecule has 0 saturated carbocycles. The molecule has 3 rings (SSSR count). The Labute approximate surface area is 187 Å². The lowest BCUT2D eigenvalue weighted by molar-refractivity contribution is -0.138. The van der Waals surface area contributed by atoms with Crippen LogP contribution in [0.4, 0.5) is 18.9 Å². The van der Waals surface area contributed by atoms with E-state index in [1.54, 1.807) is 23.6 Å². The Morgan fingerprint density at radius 3 is 2.60 bits per heavy atom. The molecule has 0 aliphatic rings. The lowest BCUT2D eigenvalue weighted by Crippen LogP contribution is -2.15. The molecule has 4 nitrogen and oxygen atoms in total. The number of thiophene rings is 1. The fourth-order valence-electron chi connectivity index (χ4n) is 2.41. The first kappa shape index (κ1) is 22.4. The summed E-state index contributed by atoms with van der Waals surface area (Å²) in [5, 5.41) is 14.0. The number of pyridine rings is 1. The maximum atomic E-state index is 13.5. The Bertz CT molecular complexity index is 1130. The van der Waals surface area contributed by atoms with Gasteiger partial charge >= 0.3 is 6.18 Å². The van der Waals surface area contributed by atoms with Gasteiger partial charge in [-0.15, -0.1) is 11.3 Å². The zero-order chi connectivity index (χ0) is 21.9. The molecule has 1 amide bonds. The van der Waals surface area contributed by atoms with Crippen LogP contribution in [0.3, 0.4) is 0 Å². The lowest BCUT2D eigenvalue weighted by atomic mass is 10.1. The smallest absolute Gasteiger partial charge is 0.325 e. The molecular weight excluding hydrogens is 478 g/mol. The van der Waals surface area contributed by atoms with E-state index in [1.807, 2.05) is 0 Å². The predicted molar refractivity (Wildman–Crippen MR) is 113 cm³/mol. The topological polar surface area (TPSA) is 65.8 Å². The van der Waals surface area contributed by atoms with Crippen molar-refractivity contribution in [2.24, 2.45) is 0 Å². The molecular formula is C19H10Cl2F3N3OS2. The zero-order valence-corrected chi connectivity index (χ0v) is 17.9. The third-order valence-corrected chi connectivity index (χ3v) is 6.33. The number of carbonyl (C=O) groups excluding carboxylic acids is 1. The van der Waals surface area contributed by atoms with Crippen LogP contribution in [0, 0.1) is 11.3 Å². The van der Waals surface area contributed by atoms with Crippen LogP contribution in [0.5, 0.6) is 0 Å². The highest BCUT2D eigenvalue weighted by atomic mass is 35.5. The van der Waals surface area contributed by atoms with Gasteiger partial charge in [0.05, 0.1) is 37.5 Å². The summed E-state index contributed by atoms with van der Waals surface area (Å²) in [6.45, 7) is 0. The molecule has 0 fully saturated rings. The van der Waals surface area contributed by atoms with E-state index < -0.39 is 23.2 Å². The van der Waals surface area contributed by atoms with Crippen LogP contribution in [-0.4, -0.2) is 16.6 Å². The van der Waals surface area contributed by atoms with E-state index in [0.29, 0.717) is 15.6 Å². The van der Waals surface area contributed by atoms with Gasteiger partial charge in [0.25, 0.3) is 0 Å². The van der Waals surface area contributed by atoms with E-state index in [2.05, 4.69) is 10.3 Å². The second-order valence-electron chi connectivity index (χ2n) is 5.79. The number of alkyl halides is 3. The van der Waals surface area contributed by atoms with Crippen LogP contribution in [0.15, 0.2) is 46.8 Å². The van der Waals surface area contributed by atoms with E-state index >= 15 is 0 Å². The van der Waals surface area contributed by atoms with Gasteiger partial charge in [-0.2, -0.15) is 18.4 Å². The second kappa shape index (κ2) is 9.27. The number of nitrogens with zero attached hydrogens (tertiary/aromatic N) is 2. The number of nitriles is 1. The molecule has 2 heterocycles. The summed E-state index contributed by atoms with van der Waals surface area (Å²) in [5.74, 6) is -0.758. The molecule has 0 bridgehead atoms. The average Bonchev–Trinajstić information content (AvgIpc) is 3.22. The number of nitrogens with one attached hydrogen (secondary N) is 1. The van der Waals surface area contributed by atoms with Crippen molar-refractivity contribution in [3.8, 4) is 16.6 Å². The van der Waals surface area contributed by atoms with Crippen molar-refractivity contribution in [3.63, 3.8) is 0 Å². The SMILES string of the molecule is N#Cc1c(C(F)(F)F)cc(-c2cccs2)nc1SCC(=O)Nc1ccc(Cl)c(Cl)c1. The van der Waals surface area contributed by atoms with Crippen molar-refractivity contribution < 1.29 is 18.0 Å². The van der Waals surface area contributed by atoms with E-state index in [4.69, 9.17) is 23.2 Å². The summed E-state index contributed by atoms with van der Waals surface area (Å²) >= 11 is 13.7. The number of amides is 1. The van der Waals surface area contributed by atoms with Crippen LogP contribution in [0.1, 0.15) is 11.1 Å². The Balaban J connectivity index is 1.87. The van der Waals surface area contributed by atoms with Crippen molar-refractivity contribution in [2.45, 2.75) is 11.2 Å². The summed E-state index contributed by atoms with van der Waals surface area (Å²) in [7, 11) is 0. The molecule has 0 unspecified atom stereocenters. The highest BCUT2D eigenvalue weighted by Crippen LogP contribution is 2.38. The first-order valence-corrected chi connectivity index (χ1v) is 10.7. The van der Waals surface area contributed by atoms with Gasteiger partial charge in [-0.05, 0) is 35.7 Å². The first-order chi connectivity index (χ1) is 14.2. The summed E-state index contributed by atoms with van der Waals surface area (Å²) in [5.41, 5.74) is -1.23. The third kappa shape index (κ3) is 5.26. The van der Waals surface area contributed by atoms with Crippen molar-refractivity contribution >= 4 is 57.9 Å². The lowest BCUT2D eigenvalue weighted by Gasteiger charge is -2.13. The molecule has 3 aromatic rings. The summed E-state index contributed by atoms with van der Waals surface area (Å²) in [6, 6.07) is 10.2. The van der Waals surface area contributed by atoms with Crippen LogP contribution in [0.25, 0.3) is 10.6 Å². The number of benzene rings is 1. The average molecular weight is 488 g/mol. The summed E-state index contributed by atoms with van der Waals surface area (Å²) in [6.07, 6.45) is -4.74. The van der Waals surface area contributed by atoms with E-state index in [0.717, 1.165) is 17.8 Å². The molecule has 11 heteroatoms. The summed E-state index contributed by atoms with van der Waals surface area (Å²) < 4.78 is 40.5. The number of carbonyl (C=O) groups is 1. The van der Waals surface area contributed by atoms with Gasteiger partial charge in [-0.25, -0.2) is 4.98 Å². The van der Waals surface area contributed by atoms with Gasteiger partial charge in [0.1, 0.15) is 11.1 Å². The van der Waals surface area contributed by atoms with E-state index in [-0.39, 0.29) is 21.5 Å². The highest BCUT2D eigenvalue weighted by Gasteiger charge is 2.36. The van der Waals surface area contributed by atoms with Gasteiger partial charge in [-0.3, -0.25) is 4.79 Å². The summed E-state index contributed by atoms with van der Waals surface area (Å²) in [4.78, 5) is 17.0. The van der Waals surface area contributed by atoms with Gasteiger partial charge in [0.15, 0.2) is 0 Å². The normalized spacial score (nSPS) is 11.2. The standard InChI is InChI=1S/C19H10Cl2F3N3OS2/c20-13-4-3-10(6-14(13)21)26-17(28)9-30-18-11(8-25)12(19(22,23)24)7-15(27-18)16-2-1-5-29-16/h1-7H,9H2,(H,26,28). The molecule has 154 valence electrons. The fourth-order valence-corrected chi connectivity index (χ4v) is 4.20. The molecule has 2 aromatic heterocycles. The molecule has 0 aliphatic carbocycles. The quantitative estimate of drug-likeness (QED) is 0.404. The minimum Gasteiger partial charge on any atom is -0.325 e. The van der Waals surface area contributed by atoms with Crippen LogP contribution >= 0.6 is 46.3 Å². The Morgan fingerprint density at radius 2 is 2.00 bits per heavy atom. The van der Waals surface area contributed by atoms with E-state index in [9.17, 15) is 23.2 Å². The van der Waals surface area contributed by atoms with Crippen LogP contribution in [-0.2, 0) is 11.0 Å². The van der Waals surface area contributed by atoms with Crippen LogP contribution < -0.4 is 5.32 Å². The largest absolute Gasteiger partial charge is 0.417 e. The molecule has 30 heavy (non-hydrogen) atoms. The number of rotatable bonds is 5. The molecule has 0 spiro atoms. The number of thioether (sulfide) groups is 1. The highest BCUT2D eigenvalue weighted by molar-refractivity contribution is 8.00. The molecule has 0 saturated heterocycles. The van der Waals surface area contributed by atoms with Gasteiger partial charge in [0.2, 0.25) is 5.91 Å². The monoisotopic (exact) mass is 487 g/mol. The maximum Gasteiger partial charge on any atom is 0.417 e.